The van der Waals surface area contributed by atoms with Crippen LogP contribution in [-0.2, 0) is 12.0 Å². The minimum absolute atomic E-state index is 0.197. The average molecular weight is 291 g/mol. The summed E-state index contributed by atoms with van der Waals surface area (Å²) in [5.41, 5.74) is 5.81. The summed E-state index contributed by atoms with van der Waals surface area (Å²) in [5, 5.41) is 9.07. The van der Waals surface area contributed by atoms with E-state index in [1.54, 1.807) is 0 Å². The van der Waals surface area contributed by atoms with Gasteiger partial charge in [-0.05, 0) is 61.8 Å². The topological polar surface area (TPSA) is 23.5 Å². The number of aliphatic hydroxyl groups is 1. The maximum Gasteiger partial charge on any atom is 0.0443 e. The summed E-state index contributed by atoms with van der Waals surface area (Å²) in [6.45, 7) is 17.9. The van der Waals surface area contributed by atoms with Gasteiger partial charge in [0.15, 0.2) is 0 Å². The quantitative estimate of drug-likeness (QED) is 0.849. The molecule has 21 heavy (non-hydrogen) atoms. The molecule has 1 aromatic rings. The Morgan fingerprint density at radius 3 is 2.00 bits per heavy atom. The van der Waals surface area contributed by atoms with E-state index in [0.29, 0.717) is 6.04 Å². The van der Waals surface area contributed by atoms with E-state index in [1.807, 2.05) is 0 Å². The standard InChI is InChI=1S/C19H33NO/c1-14(2)20(9-8-10-21)13-18-15(3)11-17(12-16(18)4)19(5,6)7/h11-12,14,21H,8-10,13H2,1-7H3. The highest BCUT2D eigenvalue weighted by Gasteiger charge is 2.18. The Labute approximate surface area is 131 Å². The maximum absolute atomic E-state index is 9.07. The Bertz CT molecular complexity index is 434. The van der Waals surface area contributed by atoms with E-state index >= 15 is 0 Å². The molecule has 2 nitrogen and oxygen atoms in total. The van der Waals surface area contributed by atoms with E-state index < -0.39 is 0 Å². The minimum Gasteiger partial charge on any atom is -0.396 e. The Morgan fingerprint density at radius 1 is 1.10 bits per heavy atom. The summed E-state index contributed by atoms with van der Waals surface area (Å²) < 4.78 is 0. The van der Waals surface area contributed by atoms with Crippen LogP contribution in [0.4, 0.5) is 0 Å². The number of rotatable bonds is 6. The second kappa shape index (κ2) is 7.42. The van der Waals surface area contributed by atoms with Gasteiger partial charge in [0.1, 0.15) is 0 Å². The highest BCUT2D eigenvalue weighted by Crippen LogP contribution is 2.27. The third-order valence-corrected chi connectivity index (χ3v) is 4.26. The van der Waals surface area contributed by atoms with E-state index in [0.717, 1.165) is 19.5 Å². The third kappa shape index (κ3) is 5.12. The second-order valence-electron chi connectivity index (χ2n) is 7.48. The number of aliphatic hydroxyl groups excluding tert-OH is 1. The van der Waals surface area contributed by atoms with Gasteiger partial charge in [-0.2, -0.15) is 0 Å². The molecule has 0 aliphatic heterocycles. The first kappa shape index (κ1) is 18.2. The molecule has 0 aliphatic carbocycles. The first-order valence-electron chi connectivity index (χ1n) is 8.12. The van der Waals surface area contributed by atoms with Crippen molar-refractivity contribution in [2.75, 3.05) is 13.2 Å². The van der Waals surface area contributed by atoms with Gasteiger partial charge in [0, 0.05) is 25.7 Å². The molecule has 0 bridgehead atoms. The zero-order chi connectivity index (χ0) is 16.2. The molecule has 1 rings (SSSR count). The number of nitrogens with zero attached hydrogens (tertiary/aromatic N) is 1. The highest BCUT2D eigenvalue weighted by molar-refractivity contribution is 5.40. The molecule has 0 aliphatic rings. The smallest absolute Gasteiger partial charge is 0.0443 e. The summed E-state index contributed by atoms with van der Waals surface area (Å²) in [4.78, 5) is 2.45. The van der Waals surface area contributed by atoms with Crippen molar-refractivity contribution in [2.24, 2.45) is 0 Å². The fraction of sp³-hybridized carbons (Fsp3) is 0.684. The molecule has 0 amide bonds. The van der Waals surface area contributed by atoms with Gasteiger partial charge in [-0.3, -0.25) is 4.90 Å². The van der Waals surface area contributed by atoms with Crippen molar-refractivity contribution in [3.63, 3.8) is 0 Å². The molecule has 1 N–H and O–H groups in total. The summed E-state index contributed by atoms with van der Waals surface area (Å²) in [6, 6.07) is 5.18. The molecule has 0 atom stereocenters. The molecule has 2 heteroatoms. The molecular formula is C19H33NO. The molecule has 120 valence electrons. The highest BCUT2D eigenvalue weighted by atomic mass is 16.3. The Kier molecular flexibility index (Phi) is 6.42. The SMILES string of the molecule is Cc1cc(C(C)(C)C)cc(C)c1CN(CCCO)C(C)C. The van der Waals surface area contributed by atoms with Crippen LogP contribution in [0.3, 0.4) is 0 Å². The van der Waals surface area contributed by atoms with Crippen molar-refractivity contribution >= 4 is 0 Å². The van der Waals surface area contributed by atoms with E-state index in [9.17, 15) is 0 Å². The normalized spacial score (nSPS) is 12.5. The van der Waals surface area contributed by atoms with Gasteiger partial charge in [0.2, 0.25) is 0 Å². The third-order valence-electron chi connectivity index (χ3n) is 4.26. The predicted molar refractivity (Wildman–Crippen MR) is 91.9 cm³/mol. The largest absolute Gasteiger partial charge is 0.396 e. The van der Waals surface area contributed by atoms with Gasteiger partial charge in [-0.1, -0.05) is 32.9 Å². The van der Waals surface area contributed by atoms with Crippen molar-refractivity contribution in [3.05, 3.63) is 34.4 Å². The van der Waals surface area contributed by atoms with Crippen LogP contribution < -0.4 is 0 Å². The number of aryl methyl sites for hydroxylation is 2. The van der Waals surface area contributed by atoms with Crippen molar-refractivity contribution in [3.8, 4) is 0 Å². The molecule has 0 saturated carbocycles. The summed E-state index contributed by atoms with van der Waals surface area (Å²) in [6.07, 6.45) is 0.844. The summed E-state index contributed by atoms with van der Waals surface area (Å²) in [5.74, 6) is 0. The van der Waals surface area contributed by atoms with Crippen LogP contribution in [-0.4, -0.2) is 29.2 Å². The molecule has 0 spiro atoms. The first-order chi connectivity index (χ1) is 9.66. The molecule has 0 radical (unpaired) electrons. The monoisotopic (exact) mass is 291 g/mol. The Hall–Kier alpha value is -0.860. The Morgan fingerprint density at radius 2 is 1.62 bits per heavy atom. The number of hydrogen-bond donors (Lipinski definition) is 1. The molecule has 0 saturated heterocycles. The lowest BCUT2D eigenvalue weighted by atomic mass is 9.83. The van der Waals surface area contributed by atoms with Crippen LogP contribution in [0.15, 0.2) is 12.1 Å². The van der Waals surface area contributed by atoms with E-state index in [-0.39, 0.29) is 12.0 Å². The van der Waals surface area contributed by atoms with Crippen molar-refractivity contribution < 1.29 is 5.11 Å². The lowest BCUT2D eigenvalue weighted by Crippen LogP contribution is -2.32. The summed E-state index contributed by atoms with van der Waals surface area (Å²) in [7, 11) is 0. The average Bonchev–Trinajstić information content (AvgIpc) is 2.35. The molecule has 0 heterocycles. The van der Waals surface area contributed by atoms with Gasteiger partial charge in [-0.25, -0.2) is 0 Å². The van der Waals surface area contributed by atoms with Crippen LogP contribution in [0.2, 0.25) is 0 Å². The second-order valence-corrected chi connectivity index (χ2v) is 7.48. The van der Waals surface area contributed by atoms with Gasteiger partial charge >= 0.3 is 0 Å². The van der Waals surface area contributed by atoms with Crippen LogP contribution in [0.25, 0.3) is 0 Å². The predicted octanol–water partition coefficient (Wildman–Crippen LogP) is 4.19. The van der Waals surface area contributed by atoms with Crippen LogP contribution >= 0.6 is 0 Å². The first-order valence-corrected chi connectivity index (χ1v) is 8.12. The Balaban J connectivity index is 3.02. The van der Waals surface area contributed by atoms with Gasteiger partial charge in [-0.15, -0.1) is 0 Å². The zero-order valence-electron chi connectivity index (χ0n) is 15.0. The van der Waals surface area contributed by atoms with Crippen molar-refractivity contribution in [1.29, 1.82) is 0 Å². The number of hydrogen-bond acceptors (Lipinski definition) is 2. The fourth-order valence-corrected chi connectivity index (χ4v) is 2.67. The zero-order valence-corrected chi connectivity index (χ0v) is 15.0. The van der Waals surface area contributed by atoms with Crippen LogP contribution in [0, 0.1) is 13.8 Å². The molecule has 0 fully saturated rings. The lowest BCUT2D eigenvalue weighted by Gasteiger charge is -2.29. The van der Waals surface area contributed by atoms with Crippen molar-refractivity contribution in [1.82, 2.24) is 4.90 Å². The molecule has 0 aromatic heterocycles. The van der Waals surface area contributed by atoms with Crippen LogP contribution in [0.5, 0.6) is 0 Å². The number of benzene rings is 1. The van der Waals surface area contributed by atoms with Crippen molar-refractivity contribution in [2.45, 2.75) is 72.9 Å². The summed E-state index contributed by atoms with van der Waals surface area (Å²) >= 11 is 0. The van der Waals surface area contributed by atoms with E-state index in [4.69, 9.17) is 5.11 Å². The van der Waals surface area contributed by atoms with Gasteiger partial charge < -0.3 is 5.11 Å². The molecule has 1 aromatic carbocycles. The maximum atomic E-state index is 9.07. The van der Waals surface area contributed by atoms with E-state index in [2.05, 4.69) is 65.5 Å². The lowest BCUT2D eigenvalue weighted by molar-refractivity contribution is 0.184. The fourth-order valence-electron chi connectivity index (χ4n) is 2.67. The minimum atomic E-state index is 0.197. The molecular weight excluding hydrogens is 258 g/mol. The van der Waals surface area contributed by atoms with Gasteiger partial charge in [0.05, 0.1) is 0 Å². The van der Waals surface area contributed by atoms with E-state index in [1.165, 1.54) is 22.3 Å². The van der Waals surface area contributed by atoms with Crippen LogP contribution in [0.1, 0.15) is 63.3 Å². The molecule has 0 unspecified atom stereocenters. The van der Waals surface area contributed by atoms with Gasteiger partial charge in [0.25, 0.3) is 0 Å².